The molecule has 3 nitrogen and oxygen atoms in total. The molecule has 0 bridgehead atoms. The van der Waals surface area contributed by atoms with Gasteiger partial charge in [0.05, 0.1) is 0 Å². The van der Waals surface area contributed by atoms with E-state index < -0.39 is 12.1 Å². The van der Waals surface area contributed by atoms with E-state index in [1.165, 1.54) is 0 Å². The Labute approximate surface area is 83.0 Å². The van der Waals surface area contributed by atoms with Crippen molar-refractivity contribution in [3.05, 3.63) is 35.4 Å². The molecule has 0 saturated carbocycles. The summed E-state index contributed by atoms with van der Waals surface area (Å²) < 4.78 is 0. The van der Waals surface area contributed by atoms with Gasteiger partial charge in [-0.05, 0) is 17.5 Å². The van der Waals surface area contributed by atoms with E-state index in [4.69, 9.17) is 5.11 Å². The Kier molecular flexibility index (Phi) is 3.65. The zero-order valence-corrected chi connectivity index (χ0v) is 8.10. The maximum Gasteiger partial charge on any atom is 0.337 e. The summed E-state index contributed by atoms with van der Waals surface area (Å²) in [5.41, 5.74) is 1.59. The van der Waals surface area contributed by atoms with E-state index in [-0.39, 0.29) is 0 Å². The first-order valence-corrected chi connectivity index (χ1v) is 4.65. The molecule has 1 aromatic rings. The Morgan fingerprint density at radius 1 is 1.36 bits per heavy atom. The number of aliphatic carboxylic acids is 1. The van der Waals surface area contributed by atoms with Crippen LogP contribution in [0.3, 0.4) is 0 Å². The highest BCUT2D eigenvalue weighted by Crippen LogP contribution is 2.14. The molecule has 1 aromatic carbocycles. The fourth-order valence-electron chi connectivity index (χ4n) is 1.30. The molecule has 0 aliphatic carbocycles. The van der Waals surface area contributed by atoms with Gasteiger partial charge >= 0.3 is 5.97 Å². The van der Waals surface area contributed by atoms with E-state index in [0.29, 0.717) is 5.56 Å². The van der Waals surface area contributed by atoms with Crippen LogP contribution in [0, 0.1) is 0 Å². The molecule has 0 aliphatic heterocycles. The standard InChI is InChI=1S/C11H14O3/c1-2-3-8-4-6-9(7-5-8)10(12)11(13)14/h4-7,10,12H,2-3H2,1H3,(H,13,14). The van der Waals surface area contributed by atoms with Crippen molar-refractivity contribution >= 4 is 5.97 Å². The molecule has 0 spiro atoms. The van der Waals surface area contributed by atoms with Gasteiger partial charge in [0.15, 0.2) is 6.10 Å². The molecule has 0 saturated heterocycles. The Bertz CT molecular complexity index is 303. The van der Waals surface area contributed by atoms with E-state index in [1.54, 1.807) is 12.1 Å². The summed E-state index contributed by atoms with van der Waals surface area (Å²) in [6.07, 6.45) is 0.621. The molecular weight excluding hydrogens is 180 g/mol. The van der Waals surface area contributed by atoms with Crippen molar-refractivity contribution in [3.8, 4) is 0 Å². The Morgan fingerprint density at radius 2 is 1.93 bits per heavy atom. The largest absolute Gasteiger partial charge is 0.479 e. The molecular formula is C11H14O3. The van der Waals surface area contributed by atoms with Crippen molar-refractivity contribution in [1.29, 1.82) is 0 Å². The lowest BCUT2D eigenvalue weighted by molar-refractivity contribution is -0.146. The number of aliphatic hydroxyl groups excluding tert-OH is 1. The second-order valence-corrected chi connectivity index (χ2v) is 3.23. The highest BCUT2D eigenvalue weighted by atomic mass is 16.4. The van der Waals surface area contributed by atoms with Crippen LogP contribution in [0.25, 0.3) is 0 Å². The van der Waals surface area contributed by atoms with Gasteiger partial charge in [0, 0.05) is 0 Å². The van der Waals surface area contributed by atoms with Gasteiger partial charge in [-0.2, -0.15) is 0 Å². The maximum absolute atomic E-state index is 10.5. The second-order valence-electron chi connectivity index (χ2n) is 3.23. The molecule has 0 amide bonds. The van der Waals surface area contributed by atoms with Crippen molar-refractivity contribution < 1.29 is 15.0 Å². The lowest BCUT2D eigenvalue weighted by Crippen LogP contribution is -2.10. The van der Waals surface area contributed by atoms with Crippen LogP contribution in [0.2, 0.25) is 0 Å². The van der Waals surface area contributed by atoms with Crippen molar-refractivity contribution in [2.24, 2.45) is 0 Å². The third-order valence-corrected chi connectivity index (χ3v) is 2.07. The Balaban J connectivity index is 2.77. The van der Waals surface area contributed by atoms with Crippen molar-refractivity contribution in [2.75, 3.05) is 0 Å². The van der Waals surface area contributed by atoms with Gasteiger partial charge in [-0.3, -0.25) is 0 Å². The average Bonchev–Trinajstić information content (AvgIpc) is 2.18. The molecule has 0 aliphatic rings. The molecule has 1 atom stereocenters. The molecule has 76 valence electrons. The number of carbonyl (C=O) groups is 1. The Hall–Kier alpha value is -1.35. The quantitative estimate of drug-likeness (QED) is 0.767. The number of carboxylic acid groups (broad SMARTS) is 1. The van der Waals surface area contributed by atoms with Gasteiger partial charge in [0.2, 0.25) is 0 Å². The zero-order valence-electron chi connectivity index (χ0n) is 8.10. The number of carboxylic acids is 1. The summed E-state index contributed by atoms with van der Waals surface area (Å²) in [6, 6.07) is 7.02. The molecule has 2 N–H and O–H groups in total. The van der Waals surface area contributed by atoms with E-state index in [0.717, 1.165) is 18.4 Å². The van der Waals surface area contributed by atoms with Crippen LogP contribution in [-0.2, 0) is 11.2 Å². The third-order valence-electron chi connectivity index (χ3n) is 2.07. The summed E-state index contributed by atoms with van der Waals surface area (Å²) in [7, 11) is 0. The van der Waals surface area contributed by atoms with E-state index >= 15 is 0 Å². The normalized spacial score (nSPS) is 12.4. The van der Waals surface area contributed by atoms with Crippen LogP contribution >= 0.6 is 0 Å². The molecule has 0 fully saturated rings. The van der Waals surface area contributed by atoms with E-state index in [2.05, 4.69) is 6.92 Å². The number of hydrogen-bond donors (Lipinski definition) is 2. The first kappa shape index (κ1) is 10.7. The van der Waals surface area contributed by atoms with Gasteiger partial charge in [0.1, 0.15) is 0 Å². The maximum atomic E-state index is 10.5. The van der Waals surface area contributed by atoms with Gasteiger partial charge in [0.25, 0.3) is 0 Å². The minimum absolute atomic E-state index is 0.428. The number of benzene rings is 1. The lowest BCUT2D eigenvalue weighted by Gasteiger charge is -2.06. The Morgan fingerprint density at radius 3 is 2.36 bits per heavy atom. The number of rotatable bonds is 4. The van der Waals surface area contributed by atoms with Crippen LogP contribution in [0.15, 0.2) is 24.3 Å². The molecule has 1 rings (SSSR count). The number of hydrogen-bond acceptors (Lipinski definition) is 2. The molecule has 0 radical (unpaired) electrons. The smallest absolute Gasteiger partial charge is 0.337 e. The molecule has 3 heteroatoms. The minimum atomic E-state index is -1.41. The lowest BCUT2D eigenvalue weighted by atomic mass is 10.0. The zero-order chi connectivity index (χ0) is 10.6. The average molecular weight is 194 g/mol. The van der Waals surface area contributed by atoms with E-state index in [9.17, 15) is 9.90 Å². The molecule has 14 heavy (non-hydrogen) atoms. The monoisotopic (exact) mass is 194 g/mol. The number of aryl methyl sites for hydroxylation is 1. The summed E-state index contributed by atoms with van der Waals surface area (Å²) >= 11 is 0. The van der Waals surface area contributed by atoms with Crippen molar-refractivity contribution in [2.45, 2.75) is 25.9 Å². The van der Waals surface area contributed by atoms with Crippen LogP contribution < -0.4 is 0 Å². The number of aliphatic hydroxyl groups is 1. The summed E-state index contributed by atoms with van der Waals surface area (Å²) in [5.74, 6) is -1.21. The van der Waals surface area contributed by atoms with Crippen molar-refractivity contribution in [3.63, 3.8) is 0 Å². The van der Waals surface area contributed by atoms with Crippen LogP contribution in [0.1, 0.15) is 30.6 Å². The van der Waals surface area contributed by atoms with E-state index in [1.807, 2.05) is 12.1 Å². The predicted molar refractivity (Wildman–Crippen MR) is 53.0 cm³/mol. The topological polar surface area (TPSA) is 57.5 Å². The highest BCUT2D eigenvalue weighted by Gasteiger charge is 2.14. The summed E-state index contributed by atoms with van der Waals surface area (Å²) in [6.45, 7) is 2.08. The van der Waals surface area contributed by atoms with Crippen LogP contribution in [0.4, 0.5) is 0 Å². The van der Waals surface area contributed by atoms with Gasteiger partial charge < -0.3 is 10.2 Å². The van der Waals surface area contributed by atoms with Gasteiger partial charge in [-0.1, -0.05) is 37.6 Å². The van der Waals surface area contributed by atoms with Gasteiger partial charge in [-0.25, -0.2) is 4.79 Å². The minimum Gasteiger partial charge on any atom is -0.479 e. The molecule has 0 heterocycles. The first-order valence-electron chi connectivity index (χ1n) is 4.65. The fraction of sp³-hybridized carbons (Fsp3) is 0.364. The van der Waals surface area contributed by atoms with Crippen molar-refractivity contribution in [1.82, 2.24) is 0 Å². The molecule has 0 aromatic heterocycles. The van der Waals surface area contributed by atoms with Crippen LogP contribution in [-0.4, -0.2) is 16.2 Å². The fourth-order valence-corrected chi connectivity index (χ4v) is 1.30. The first-order chi connectivity index (χ1) is 6.65. The SMILES string of the molecule is CCCc1ccc(C(O)C(=O)O)cc1. The third kappa shape index (κ3) is 2.57. The van der Waals surface area contributed by atoms with Crippen LogP contribution in [0.5, 0.6) is 0 Å². The summed E-state index contributed by atoms with van der Waals surface area (Å²) in [5, 5.41) is 17.8. The van der Waals surface area contributed by atoms with Gasteiger partial charge in [-0.15, -0.1) is 0 Å². The second kappa shape index (κ2) is 4.77. The highest BCUT2D eigenvalue weighted by molar-refractivity contribution is 5.73. The predicted octanol–water partition coefficient (Wildman–Crippen LogP) is 1.76. The molecule has 1 unspecified atom stereocenters. The summed E-state index contributed by atoms with van der Waals surface area (Å²) in [4.78, 5) is 10.5.